The standard InChI is InChI=1S/C17H18ClN3O3S/c18-12-6-2-1-5-11(12)15-20-21-16(25-15)19-13(22)9-17(10-14(23)24)7-3-4-8-17/h1-2,5-6H,3-4,7-10H2,(H,23,24)(H,19,21,22). The highest BCUT2D eigenvalue weighted by molar-refractivity contribution is 7.18. The molecule has 1 aromatic carbocycles. The lowest BCUT2D eigenvalue weighted by molar-refractivity contribution is -0.140. The Morgan fingerprint density at radius 2 is 1.92 bits per heavy atom. The Morgan fingerprint density at radius 1 is 1.20 bits per heavy atom. The third-order valence-corrected chi connectivity index (χ3v) is 5.70. The predicted octanol–water partition coefficient (Wildman–Crippen LogP) is 4.22. The number of carbonyl (C=O) groups is 2. The van der Waals surface area contributed by atoms with Gasteiger partial charge in [0.2, 0.25) is 11.0 Å². The van der Waals surface area contributed by atoms with Crippen LogP contribution in [0.2, 0.25) is 5.02 Å². The number of carboxylic acids is 1. The van der Waals surface area contributed by atoms with Crippen LogP contribution in [0.3, 0.4) is 0 Å². The highest BCUT2D eigenvalue weighted by atomic mass is 35.5. The van der Waals surface area contributed by atoms with Crippen molar-refractivity contribution in [3.63, 3.8) is 0 Å². The molecule has 2 N–H and O–H groups in total. The maximum absolute atomic E-state index is 12.4. The number of hydrogen-bond donors (Lipinski definition) is 2. The highest BCUT2D eigenvalue weighted by Gasteiger charge is 2.38. The highest BCUT2D eigenvalue weighted by Crippen LogP contribution is 2.44. The molecular weight excluding hydrogens is 362 g/mol. The van der Waals surface area contributed by atoms with Crippen molar-refractivity contribution in [3.05, 3.63) is 29.3 Å². The first-order valence-electron chi connectivity index (χ1n) is 8.07. The van der Waals surface area contributed by atoms with Gasteiger partial charge in [-0.15, -0.1) is 10.2 Å². The summed E-state index contributed by atoms with van der Waals surface area (Å²) >= 11 is 7.39. The normalized spacial score (nSPS) is 15.9. The van der Waals surface area contributed by atoms with E-state index in [-0.39, 0.29) is 18.7 Å². The molecule has 2 aromatic rings. The van der Waals surface area contributed by atoms with E-state index in [0.29, 0.717) is 15.2 Å². The van der Waals surface area contributed by atoms with Crippen LogP contribution in [-0.2, 0) is 9.59 Å². The van der Waals surface area contributed by atoms with E-state index in [1.807, 2.05) is 18.2 Å². The fourth-order valence-electron chi connectivity index (χ4n) is 3.38. The Morgan fingerprint density at radius 3 is 2.60 bits per heavy atom. The van der Waals surface area contributed by atoms with E-state index in [4.69, 9.17) is 16.7 Å². The number of carbonyl (C=O) groups excluding carboxylic acids is 1. The topological polar surface area (TPSA) is 92.2 Å². The van der Waals surface area contributed by atoms with Crippen LogP contribution in [0.15, 0.2) is 24.3 Å². The zero-order chi connectivity index (χ0) is 17.9. The summed E-state index contributed by atoms with van der Waals surface area (Å²) in [6.07, 6.45) is 3.70. The average Bonchev–Trinajstić information content (AvgIpc) is 3.17. The Balaban J connectivity index is 1.67. The van der Waals surface area contributed by atoms with Crippen molar-refractivity contribution in [2.45, 2.75) is 38.5 Å². The number of carboxylic acid groups (broad SMARTS) is 1. The lowest BCUT2D eigenvalue weighted by atomic mass is 9.79. The summed E-state index contributed by atoms with van der Waals surface area (Å²) in [6.45, 7) is 0. The number of aliphatic carboxylic acids is 1. The van der Waals surface area contributed by atoms with Gasteiger partial charge in [-0.05, 0) is 24.3 Å². The Bertz CT molecular complexity index is 787. The maximum atomic E-state index is 12.4. The van der Waals surface area contributed by atoms with Crippen molar-refractivity contribution in [2.24, 2.45) is 5.41 Å². The molecule has 0 spiro atoms. The number of rotatable bonds is 6. The molecule has 1 aliphatic carbocycles. The van der Waals surface area contributed by atoms with Crippen LogP contribution < -0.4 is 5.32 Å². The third kappa shape index (κ3) is 4.35. The molecule has 25 heavy (non-hydrogen) atoms. The monoisotopic (exact) mass is 379 g/mol. The summed E-state index contributed by atoms with van der Waals surface area (Å²) in [4.78, 5) is 23.5. The molecule has 1 amide bonds. The molecule has 1 fully saturated rings. The second-order valence-corrected chi connectivity index (χ2v) is 7.78. The molecule has 0 atom stereocenters. The number of amides is 1. The Kier molecular flexibility index (Phi) is 5.34. The van der Waals surface area contributed by atoms with E-state index in [1.165, 1.54) is 11.3 Å². The minimum atomic E-state index is -0.855. The molecule has 1 aliphatic rings. The summed E-state index contributed by atoms with van der Waals surface area (Å²) in [5.41, 5.74) is 0.326. The zero-order valence-electron chi connectivity index (χ0n) is 13.5. The molecule has 0 saturated heterocycles. The number of nitrogens with zero attached hydrogens (tertiary/aromatic N) is 2. The van der Waals surface area contributed by atoms with Gasteiger partial charge in [-0.25, -0.2) is 0 Å². The van der Waals surface area contributed by atoms with Crippen molar-refractivity contribution >= 4 is 39.9 Å². The number of hydrogen-bond acceptors (Lipinski definition) is 5. The largest absolute Gasteiger partial charge is 0.481 e. The second-order valence-electron chi connectivity index (χ2n) is 6.39. The van der Waals surface area contributed by atoms with Gasteiger partial charge < -0.3 is 10.4 Å². The molecule has 0 unspecified atom stereocenters. The van der Waals surface area contributed by atoms with Crippen LogP contribution in [0.1, 0.15) is 38.5 Å². The van der Waals surface area contributed by atoms with E-state index in [0.717, 1.165) is 31.2 Å². The summed E-state index contributed by atoms with van der Waals surface area (Å²) in [5.74, 6) is -1.07. The van der Waals surface area contributed by atoms with E-state index < -0.39 is 11.4 Å². The third-order valence-electron chi connectivity index (χ3n) is 4.50. The fourth-order valence-corrected chi connectivity index (χ4v) is 4.46. The van der Waals surface area contributed by atoms with Crippen molar-refractivity contribution in [1.29, 1.82) is 0 Å². The van der Waals surface area contributed by atoms with Gasteiger partial charge in [-0.3, -0.25) is 9.59 Å². The van der Waals surface area contributed by atoms with Crippen LogP contribution in [0.4, 0.5) is 5.13 Å². The van der Waals surface area contributed by atoms with Gasteiger partial charge in [0.1, 0.15) is 0 Å². The summed E-state index contributed by atoms with van der Waals surface area (Å²) in [7, 11) is 0. The molecule has 1 saturated carbocycles. The van der Waals surface area contributed by atoms with E-state index in [1.54, 1.807) is 6.07 Å². The summed E-state index contributed by atoms with van der Waals surface area (Å²) in [6, 6.07) is 7.30. The molecule has 1 aromatic heterocycles. The second kappa shape index (κ2) is 7.49. The van der Waals surface area contributed by atoms with Gasteiger partial charge >= 0.3 is 5.97 Å². The molecular formula is C17H18ClN3O3S. The van der Waals surface area contributed by atoms with Crippen LogP contribution in [0.25, 0.3) is 10.6 Å². The number of anilines is 1. The lowest BCUT2D eigenvalue weighted by Crippen LogP contribution is -2.27. The van der Waals surface area contributed by atoms with Gasteiger partial charge in [0.15, 0.2) is 5.01 Å². The summed E-state index contributed by atoms with van der Waals surface area (Å²) < 4.78 is 0. The smallest absolute Gasteiger partial charge is 0.303 e. The molecule has 0 bridgehead atoms. The van der Waals surface area contributed by atoms with Crippen LogP contribution >= 0.6 is 22.9 Å². The molecule has 0 radical (unpaired) electrons. The first-order chi connectivity index (χ1) is 12.0. The van der Waals surface area contributed by atoms with E-state index >= 15 is 0 Å². The van der Waals surface area contributed by atoms with Crippen LogP contribution in [-0.4, -0.2) is 27.2 Å². The minimum Gasteiger partial charge on any atom is -0.481 e. The average molecular weight is 380 g/mol. The fraction of sp³-hybridized carbons (Fsp3) is 0.412. The Labute approximate surface area is 154 Å². The van der Waals surface area contributed by atoms with Crippen molar-refractivity contribution in [2.75, 3.05) is 5.32 Å². The maximum Gasteiger partial charge on any atom is 0.303 e. The van der Waals surface area contributed by atoms with Crippen LogP contribution in [0.5, 0.6) is 0 Å². The summed E-state index contributed by atoms with van der Waals surface area (Å²) in [5, 5.41) is 21.5. The van der Waals surface area contributed by atoms with E-state index in [9.17, 15) is 9.59 Å². The quantitative estimate of drug-likeness (QED) is 0.783. The number of benzene rings is 1. The lowest BCUT2D eigenvalue weighted by Gasteiger charge is -2.25. The Hall–Kier alpha value is -1.99. The zero-order valence-corrected chi connectivity index (χ0v) is 15.1. The van der Waals surface area contributed by atoms with Crippen molar-refractivity contribution in [3.8, 4) is 10.6 Å². The van der Waals surface area contributed by atoms with Gasteiger partial charge in [-0.2, -0.15) is 0 Å². The number of aromatic nitrogens is 2. The van der Waals surface area contributed by atoms with Gasteiger partial charge in [0.25, 0.3) is 0 Å². The number of nitrogens with one attached hydrogen (secondary N) is 1. The van der Waals surface area contributed by atoms with Crippen molar-refractivity contribution < 1.29 is 14.7 Å². The predicted molar refractivity (Wildman–Crippen MR) is 96.8 cm³/mol. The molecule has 3 rings (SSSR count). The van der Waals surface area contributed by atoms with Gasteiger partial charge in [0.05, 0.1) is 11.4 Å². The molecule has 1 heterocycles. The van der Waals surface area contributed by atoms with Gasteiger partial charge in [-0.1, -0.05) is 54.0 Å². The SMILES string of the molecule is O=C(O)CC1(CC(=O)Nc2nnc(-c3ccccc3Cl)s2)CCCC1. The van der Waals surface area contributed by atoms with Gasteiger partial charge in [0, 0.05) is 12.0 Å². The molecule has 0 aliphatic heterocycles. The van der Waals surface area contributed by atoms with Crippen molar-refractivity contribution in [1.82, 2.24) is 10.2 Å². The molecule has 132 valence electrons. The first kappa shape index (κ1) is 17.8. The first-order valence-corrected chi connectivity index (χ1v) is 9.27. The van der Waals surface area contributed by atoms with E-state index in [2.05, 4.69) is 15.5 Å². The minimum absolute atomic E-state index is 0.0292. The van der Waals surface area contributed by atoms with Crippen LogP contribution in [0, 0.1) is 5.41 Å². The number of halogens is 1. The molecule has 8 heteroatoms. The molecule has 6 nitrogen and oxygen atoms in total.